The molecular formula is C21H27N5O3S. The highest BCUT2D eigenvalue weighted by atomic mass is 32.3. The third-order valence-corrected chi connectivity index (χ3v) is 6.40. The molecule has 1 unspecified atom stereocenters. The van der Waals surface area contributed by atoms with E-state index < -0.39 is 10.2 Å². The van der Waals surface area contributed by atoms with E-state index in [0.717, 1.165) is 54.2 Å². The topological polar surface area (TPSA) is 96.2 Å². The molecule has 8 nitrogen and oxygen atoms in total. The number of anilines is 1. The molecule has 1 aliphatic heterocycles. The minimum atomic E-state index is -3.02. The van der Waals surface area contributed by atoms with Gasteiger partial charge in [0.15, 0.2) is 0 Å². The highest BCUT2D eigenvalue weighted by Gasteiger charge is 2.21. The summed E-state index contributed by atoms with van der Waals surface area (Å²) in [5.41, 5.74) is 0.916. The Morgan fingerprint density at radius 3 is 2.80 bits per heavy atom. The Bertz CT molecular complexity index is 1060. The molecule has 1 aliphatic rings. The molecule has 9 heteroatoms. The van der Waals surface area contributed by atoms with Crippen molar-refractivity contribution >= 4 is 26.9 Å². The van der Waals surface area contributed by atoms with Gasteiger partial charge < -0.3 is 14.2 Å². The number of ether oxygens (including phenoxy) is 1. The van der Waals surface area contributed by atoms with Crippen LogP contribution < -0.4 is 9.64 Å². The van der Waals surface area contributed by atoms with Crippen LogP contribution in [0.2, 0.25) is 0 Å². The molecule has 4 rings (SSSR count). The fourth-order valence-corrected chi connectivity index (χ4v) is 4.25. The summed E-state index contributed by atoms with van der Waals surface area (Å²) in [5.74, 6) is 3.21. The Balaban J connectivity index is 1.30. The first-order valence-electron chi connectivity index (χ1n) is 10.2. The lowest BCUT2D eigenvalue weighted by Gasteiger charge is -2.32. The fourth-order valence-electron chi connectivity index (χ4n) is 3.75. The van der Waals surface area contributed by atoms with E-state index in [4.69, 9.17) is 4.74 Å². The number of benzene rings is 1. The Morgan fingerprint density at radius 1 is 1.27 bits per heavy atom. The van der Waals surface area contributed by atoms with E-state index in [1.807, 2.05) is 37.4 Å². The quantitative estimate of drug-likeness (QED) is 0.533. The van der Waals surface area contributed by atoms with Crippen molar-refractivity contribution in [3.63, 3.8) is 0 Å². The van der Waals surface area contributed by atoms with Gasteiger partial charge in [-0.3, -0.25) is 4.68 Å². The molecule has 3 heterocycles. The van der Waals surface area contributed by atoms with Crippen molar-refractivity contribution in [2.75, 3.05) is 36.6 Å². The van der Waals surface area contributed by atoms with E-state index in [1.54, 1.807) is 10.9 Å². The van der Waals surface area contributed by atoms with Crippen molar-refractivity contribution in [3.05, 3.63) is 42.5 Å². The zero-order valence-corrected chi connectivity index (χ0v) is 18.2. The smallest absolute Gasteiger partial charge is 0.132 e. The Kier molecular flexibility index (Phi) is 6.01. The average Bonchev–Trinajstić information content (AvgIpc) is 3.13. The molecule has 1 aromatic carbocycles. The van der Waals surface area contributed by atoms with Crippen LogP contribution >= 0.6 is 0 Å². The second-order valence-corrected chi connectivity index (χ2v) is 10.2. The van der Waals surface area contributed by atoms with E-state index in [-0.39, 0.29) is 5.75 Å². The number of nitrogens with zero attached hydrogens (tertiary/aromatic N) is 5. The molecule has 1 saturated heterocycles. The van der Waals surface area contributed by atoms with Crippen LogP contribution in [0.15, 0.2) is 36.7 Å². The molecule has 0 amide bonds. The van der Waals surface area contributed by atoms with E-state index in [0.29, 0.717) is 19.1 Å². The Labute approximate surface area is 177 Å². The van der Waals surface area contributed by atoms with Crippen LogP contribution in [-0.2, 0) is 21.0 Å². The highest BCUT2D eigenvalue weighted by Crippen LogP contribution is 2.25. The number of fused-ring (bicyclic) bond motifs is 1. The van der Waals surface area contributed by atoms with E-state index in [1.165, 1.54) is 6.26 Å². The number of hydrogen-bond acceptors (Lipinski definition) is 7. The third kappa shape index (κ3) is 5.14. The number of aromatic nitrogens is 4. The molecule has 0 radical (unpaired) electrons. The first kappa shape index (κ1) is 20.7. The zero-order chi connectivity index (χ0) is 21.1. The zero-order valence-electron chi connectivity index (χ0n) is 17.4. The molecule has 3 aromatic rings. The molecular weight excluding hydrogens is 402 g/mol. The predicted molar refractivity (Wildman–Crippen MR) is 117 cm³/mol. The lowest BCUT2D eigenvalue weighted by atomic mass is 9.98. The summed E-state index contributed by atoms with van der Waals surface area (Å²) in [6.07, 6.45) is 6.94. The fraction of sp³-hybridized carbons (Fsp3) is 0.476. The van der Waals surface area contributed by atoms with E-state index >= 15 is 0 Å². The summed E-state index contributed by atoms with van der Waals surface area (Å²) in [4.78, 5) is 11.0. The van der Waals surface area contributed by atoms with Gasteiger partial charge in [-0.1, -0.05) is 0 Å². The standard InChI is InChI=1S/C21H27N5O3S/c1-16-22-8-5-21(24-16)25-9-6-17(7-10-25)15-29-19-3-4-20-18(13-19)14-23-26(20)11-12-30(2,27)28/h3-5,8,13-14,17H,6-7,9-12,15H2,1-2H3. The van der Waals surface area contributed by atoms with Crippen molar-refractivity contribution in [2.45, 2.75) is 26.3 Å². The number of hydrogen-bond donors (Lipinski definition) is 0. The number of aryl methyl sites for hydroxylation is 2. The van der Waals surface area contributed by atoms with Crippen molar-refractivity contribution in [1.29, 1.82) is 0 Å². The largest absolute Gasteiger partial charge is 0.615 e. The van der Waals surface area contributed by atoms with Gasteiger partial charge in [0.05, 0.1) is 31.1 Å². The van der Waals surface area contributed by atoms with Crippen molar-refractivity contribution in [2.24, 2.45) is 5.92 Å². The molecule has 30 heavy (non-hydrogen) atoms. The second kappa shape index (κ2) is 8.69. The summed E-state index contributed by atoms with van der Waals surface area (Å²) < 4.78 is 30.6. The van der Waals surface area contributed by atoms with Crippen LogP contribution in [-0.4, -0.2) is 56.0 Å². The number of piperidine rings is 1. The number of rotatable bonds is 7. The summed E-state index contributed by atoms with van der Waals surface area (Å²) in [6, 6.07) is 7.81. The summed E-state index contributed by atoms with van der Waals surface area (Å²) in [7, 11) is -3.02. The van der Waals surface area contributed by atoms with Gasteiger partial charge in [-0.05, 0) is 49.9 Å². The van der Waals surface area contributed by atoms with Crippen molar-refractivity contribution in [1.82, 2.24) is 19.7 Å². The predicted octanol–water partition coefficient (Wildman–Crippen LogP) is 2.69. The van der Waals surface area contributed by atoms with Gasteiger partial charge in [0.2, 0.25) is 0 Å². The molecule has 0 saturated carbocycles. The first-order chi connectivity index (χ1) is 14.4. The second-order valence-electron chi connectivity index (χ2n) is 7.92. The Morgan fingerprint density at radius 2 is 2.07 bits per heavy atom. The first-order valence-corrected chi connectivity index (χ1v) is 12.2. The summed E-state index contributed by atoms with van der Waals surface area (Å²) >= 11 is 0. The number of sulfone groups is 1. The van der Waals surface area contributed by atoms with Crippen molar-refractivity contribution in [3.8, 4) is 5.75 Å². The van der Waals surface area contributed by atoms with Gasteiger partial charge in [0.25, 0.3) is 0 Å². The lowest BCUT2D eigenvalue weighted by Crippen LogP contribution is -2.36. The van der Waals surface area contributed by atoms with Gasteiger partial charge in [0.1, 0.15) is 23.1 Å². The summed E-state index contributed by atoms with van der Waals surface area (Å²) in [5, 5.41) is 5.27. The minimum absolute atomic E-state index is 0.0787. The van der Waals surface area contributed by atoms with Gasteiger partial charge in [-0.15, -0.1) is 4.21 Å². The molecule has 1 atom stereocenters. The molecule has 0 bridgehead atoms. The van der Waals surface area contributed by atoms with Gasteiger partial charge in [-0.2, -0.15) is 5.10 Å². The molecule has 2 aromatic heterocycles. The van der Waals surface area contributed by atoms with Crippen LogP contribution in [0.25, 0.3) is 10.9 Å². The molecule has 160 valence electrons. The molecule has 0 N–H and O–H groups in total. The summed E-state index contributed by atoms with van der Waals surface area (Å²) in [6.45, 7) is 4.89. The van der Waals surface area contributed by atoms with Crippen molar-refractivity contribution < 1.29 is 13.5 Å². The van der Waals surface area contributed by atoms with Gasteiger partial charge >= 0.3 is 0 Å². The van der Waals surface area contributed by atoms with Crippen LogP contribution in [0.3, 0.4) is 0 Å². The minimum Gasteiger partial charge on any atom is -0.615 e. The van der Waals surface area contributed by atoms with E-state index in [9.17, 15) is 8.76 Å². The van der Waals surface area contributed by atoms with Gasteiger partial charge in [-0.25, -0.2) is 9.97 Å². The average molecular weight is 430 g/mol. The lowest BCUT2D eigenvalue weighted by molar-refractivity contribution is 0.223. The van der Waals surface area contributed by atoms with Crippen LogP contribution in [0.5, 0.6) is 5.75 Å². The highest BCUT2D eigenvalue weighted by molar-refractivity contribution is 7.96. The Hall–Kier alpha value is -2.52. The maximum absolute atomic E-state index is 11.4. The third-order valence-electron chi connectivity index (χ3n) is 5.47. The van der Waals surface area contributed by atoms with E-state index in [2.05, 4.69) is 20.0 Å². The van der Waals surface area contributed by atoms with Crippen LogP contribution in [0.4, 0.5) is 5.82 Å². The van der Waals surface area contributed by atoms with Crippen LogP contribution in [0.1, 0.15) is 18.7 Å². The maximum Gasteiger partial charge on any atom is 0.132 e. The molecule has 0 spiro atoms. The monoisotopic (exact) mass is 429 g/mol. The normalized spacial score (nSPS) is 17.2. The maximum atomic E-state index is 11.4. The molecule has 1 fully saturated rings. The molecule has 0 aliphatic carbocycles. The van der Waals surface area contributed by atoms with Crippen LogP contribution in [0, 0.1) is 12.8 Å². The SMILES string of the molecule is Cc1nccc(N2CCC(COc3ccc4c(cnn4CC[S+](C)(=O)[O-])c3)CC2)n1. The van der Waals surface area contributed by atoms with Gasteiger partial charge in [0, 0.05) is 34.9 Å².